The molecule has 0 aromatic heterocycles. The number of rotatable bonds is 2. The third-order valence-electron chi connectivity index (χ3n) is 2.26. The van der Waals surface area contributed by atoms with Gasteiger partial charge in [0.1, 0.15) is 0 Å². The average molecular weight is 153 g/mol. The molecule has 0 aromatic rings. The zero-order valence-corrected chi connectivity index (χ0v) is 7.05. The Morgan fingerprint density at radius 2 is 2.09 bits per heavy atom. The van der Waals surface area contributed by atoms with Crippen molar-refractivity contribution in [1.29, 1.82) is 0 Å². The maximum atomic E-state index is 10.5. The van der Waals surface area contributed by atoms with Gasteiger partial charge in [-0.2, -0.15) is 0 Å². The highest BCUT2D eigenvalue weighted by molar-refractivity contribution is 5.84. The van der Waals surface area contributed by atoms with Gasteiger partial charge in [-0.3, -0.25) is 9.69 Å². The van der Waals surface area contributed by atoms with Crippen molar-refractivity contribution >= 4 is 5.78 Å². The number of piperidine rings is 1. The molecule has 0 spiro atoms. The Bertz CT molecular complexity index is 136. The molecule has 2 nitrogen and oxygen atoms in total. The molecule has 0 bridgehead atoms. The summed E-state index contributed by atoms with van der Waals surface area (Å²) in [5.74, 6) is 0.610. The van der Waals surface area contributed by atoms with E-state index >= 15 is 0 Å². The van der Waals surface area contributed by atoms with Gasteiger partial charge in [0.15, 0.2) is 5.78 Å². The Kier molecular flexibility index (Phi) is 3.06. The van der Waals surface area contributed by atoms with E-state index in [1.165, 1.54) is 12.8 Å². The van der Waals surface area contributed by atoms with Gasteiger partial charge in [0.05, 0.1) is 6.54 Å². The Morgan fingerprint density at radius 3 is 2.55 bits per heavy atom. The molecule has 0 aromatic carbocycles. The van der Waals surface area contributed by atoms with E-state index in [1.54, 1.807) is 0 Å². The van der Waals surface area contributed by atoms with Crippen molar-refractivity contribution in [3.05, 3.63) is 6.92 Å². The van der Waals surface area contributed by atoms with Gasteiger partial charge in [0, 0.05) is 6.92 Å². The molecule has 0 amide bonds. The minimum absolute atomic E-state index is 0.209. The van der Waals surface area contributed by atoms with Crippen LogP contribution in [0.5, 0.6) is 0 Å². The van der Waals surface area contributed by atoms with Crippen LogP contribution in [0.3, 0.4) is 0 Å². The second kappa shape index (κ2) is 3.86. The van der Waals surface area contributed by atoms with Gasteiger partial charge in [-0.1, -0.05) is 6.92 Å². The number of carbonyl (C=O) groups is 1. The summed E-state index contributed by atoms with van der Waals surface area (Å²) in [5, 5.41) is 0. The molecule has 1 rings (SSSR count). The highest BCUT2D eigenvalue weighted by Crippen LogP contribution is 2.15. The van der Waals surface area contributed by atoms with Crippen LogP contribution in [0.15, 0.2) is 0 Å². The van der Waals surface area contributed by atoms with E-state index in [4.69, 9.17) is 6.92 Å². The number of hydrogen-bond acceptors (Lipinski definition) is 2. The van der Waals surface area contributed by atoms with Crippen molar-refractivity contribution in [2.75, 3.05) is 19.6 Å². The minimum Gasteiger partial charge on any atom is -0.298 e. The van der Waals surface area contributed by atoms with Gasteiger partial charge in [0.25, 0.3) is 0 Å². The van der Waals surface area contributed by atoms with E-state index in [0.717, 1.165) is 19.0 Å². The summed E-state index contributed by atoms with van der Waals surface area (Å²) in [6.07, 6.45) is 2.40. The summed E-state index contributed by atoms with van der Waals surface area (Å²) in [4.78, 5) is 12.7. The van der Waals surface area contributed by atoms with Crippen LogP contribution in [0.1, 0.15) is 19.8 Å². The molecule has 0 atom stereocenters. The van der Waals surface area contributed by atoms with Crippen LogP contribution in [0.2, 0.25) is 0 Å². The Hall–Kier alpha value is -0.370. The summed E-state index contributed by atoms with van der Waals surface area (Å²) in [6, 6.07) is 0. The highest BCUT2D eigenvalue weighted by atomic mass is 16.1. The van der Waals surface area contributed by atoms with E-state index in [1.807, 2.05) is 0 Å². The molecule has 0 N–H and O–H groups in total. The third-order valence-corrected chi connectivity index (χ3v) is 2.26. The molecule has 1 aliphatic heterocycles. The lowest BCUT2D eigenvalue weighted by molar-refractivity contribution is -0.116. The van der Waals surface area contributed by atoms with Crippen LogP contribution in [0, 0.1) is 12.8 Å². The minimum atomic E-state index is -0.209. The van der Waals surface area contributed by atoms with E-state index in [0.29, 0.717) is 6.54 Å². The number of ketones is 1. The molecular weight excluding hydrogens is 138 g/mol. The van der Waals surface area contributed by atoms with Crippen LogP contribution in [-0.4, -0.2) is 30.3 Å². The molecule has 1 fully saturated rings. The van der Waals surface area contributed by atoms with Crippen LogP contribution < -0.4 is 0 Å². The summed E-state index contributed by atoms with van der Waals surface area (Å²) < 4.78 is 0. The molecule has 1 aliphatic rings. The van der Waals surface area contributed by atoms with Gasteiger partial charge >= 0.3 is 0 Å². The van der Waals surface area contributed by atoms with E-state index < -0.39 is 0 Å². The zero-order valence-electron chi connectivity index (χ0n) is 7.05. The first-order valence-corrected chi connectivity index (χ1v) is 4.19. The zero-order chi connectivity index (χ0) is 8.27. The largest absolute Gasteiger partial charge is 0.298 e. The van der Waals surface area contributed by atoms with Crippen molar-refractivity contribution in [2.45, 2.75) is 19.8 Å². The van der Waals surface area contributed by atoms with Gasteiger partial charge in [0.2, 0.25) is 0 Å². The second-order valence-electron chi connectivity index (χ2n) is 3.42. The number of hydrogen-bond donors (Lipinski definition) is 0. The van der Waals surface area contributed by atoms with Gasteiger partial charge < -0.3 is 0 Å². The Morgan fingerprint density at radius 1 is 1.55 bits per heavy atom. The van der Waals surface area contributed by atoms with Crippen LogP contribution in [0.25, 0.3) is 0 Å². The van der Waals surface area contributed by atoms with E-state index in [-0.39, 0.29) is 5.78 Å². The first-order chi connectivity index (χ1) is 5.18. The van der Waals surface area contributed by atoms with Crippen molar-refractivity contribution in [3.63, 3.8) is 0 Å². The van der Waals surface area contributed by atoms with Gasteiger partial charge in [-0.15, -0.1) is 0 Å². The fraction of sp³-hybridized carbons (Fsp3) is 0.778. The summed E-state index contributed by atoms with van der Waals surface area (Å²) >= 11 is 0. The van der Waals surface area contributed by atoms with Crippen molar-refractivity contribution in [2.24, 2.45) is 5.92 Å². The van der Waals surface area contributed by atoms with Crippen LogP contribution in [-0.2, 0) is 4.79 Å². The van der Waals surface area contributed by atoms with E-state index in [2.05, 4.69) is 11.8 Å². The molecular formula is C9H15NO. The van der Waals surface area contributed by atoms with Crippen LogP contribution in [0.4, 0.5) is 0 Å². The topological polar surface area (TPSA) is 20.3 Å². The third kappa shape index (κ3) is 3.02. The van der Waals surface area contributed by atoms with Crippen molar-refractivity contribution in [1.82, 2.24) is 4.90 Å². The first-order valence-electron chi connectivity index (χ1n) is 4.19. The average Bonchev–Trinajstić information content (AvgIpc) is 1.93. The van der Waals surface area contributed by atoms with Crippen LogP contribution >= 0.6 is 0 Å². The fourth-order valence-corrected chi connectivity index (χ4v) is 1.44. The highest BCUT2D eigenvalue weighted by Gasteiger charge is 2.15. The second-order valence-corrected chi connectivity index (χ2v) is 3.42. The quantitative estimate of drug-likeness (QED) is 0.590. The SMILES string of the molecule is [CH]C(=O)CN1CCC(C)CC1. The number of carbonyl (C=O) groups excluding carboxylic acids is 1. The first kappa shape index (κ1) is 8.72. The van der Waals surface area contributed by atoms with Crippen molar-refractivity contribution in [3.8, 4) is 0 Å². The standard InChI is InChI=1S/C9H15NO/c1-8-3-5-10(6-4-8)7-9(2)11/h2,8H,3-7H2,1H3. The Balaban J connectivity index is 2.22. The molecule has 0 aliphatic carbocycles. The number of Topliss-reactive ketones (excluding diaryl/α,β-unsaturated/α-hetero) is 1. The molecule has 1 heterocycles. The summed E-state index contributed by atoms with van der Waals surface area (Å²) in [5.41, 5.74) is 0. The van der Waals surface area contributed by atoms with Crippen molar-refractivity contribution < 1.29 is 4.79 Å². The fourth-order valence-electron chi connectivity index (χ4n) is 1.44. The van der Waals surface area contributed by atoms with E-state index in [9.17, 15) is 4.79 Å². The molecule has 0 unspecified atom stereocenters. The molecule has 0 saturated carbocycles. The Labute approximate surface area is 68.6 Å². The summed E-state index contributed by atoms with van der Waals surface area (Å²) in [6.45, 7) is 9.83. The molecule has 62 valence electrons. The number of nitrogens with zero attached hydrogens (tertiary/aromatic N) is 1. The predicted molar refractivity (Wildman–Crippen MR) is 44.1 cm³/mol. The van der Waals surface area contributed by atoms with Gasteiger partial charge in [-0.05, 0) is 31.8 Å². The van der Waals surface area contributed by atoms with Gasteiger partial charge in [-0.25, -0.2) is 0 Å². The lowest BCUT2D eigenvalue weighted by Crippen LogP contribution is -2.36. The monoisotopic (exact) mass is 153 g/mol. The normalized spacial score (nSPS) is 22.0. The maximum Gasteiger partial charge on any atom is 0.151 e. The molecule has 2 heteroatoms. The summed E-state index contributed by atoms with van der Waals surface area (Å²) in [7, 11) is 0. The smallest absolute Gasteiger partial charge is 0.151 e. The lowest BCUT2D eigenvalue weighted by Gasteiger charge is -2.28. The molecule has 2 radical (unpaired) electrons. The number of likely N-dealkylation sites (tertiary alicyclic amines) is 1. The maximum absolute atomic E-state index is 10.5. The predicted octanol–water partition coefficient (Wildman–Crippen LogP) is 0.998. The molecule has 1 saturated heterocycles. The molecule has 11 heavy (non-hydrogen) atoms. The lowest BCUT2D eigenvalue weighted by atomic mass is 9.99.